The lowest BCUT2D eigenvalue weighted by Gasteiger charge is -2.38. The van der Waals surface area contributed by atoms with Gasteiger partial charge in [-0.25, -0.2) is 4.79 Å². The van der Waals surface area contributed by atoms with Crippen molar-refractivity contribution in [3.05, 3.63) is 11.6 Å². The van der Waals surface area contributed by atoms with Crippen LogP contribution in [0.4, 0.5) is 0 Å². The lowest BCUT2D eigenvalue weighted by Crippen LogP contribution is -2.53. The van der Waals surface area contributed by atoms with Gasteiger partial charge in [0.25, 0.3) is 0 Å². The van der Waals surface area contributed by atoms with Gasteiger partial charge in [0.1, 0.15) is 6.10 Å². The molecule has 0 spiro atoms. The second-order valence-electron chi connectivity index (χ2n) is 5.86. The third-order valence-electron chi connectivity index (χ3n) is 4.51. The second kappa shape index (κ2) is 9.56. The summed E-state index contributed by atoms with van der Waals surface area (Å²) in [7, 11) is 2.43. The standard InChI is InChI=1S/C18H28O7/c1-6-13(7-2)25-14-11-12(15(19)24-8-3)9-10-18(14,16(20)22-4)17(21)23-5/h11,13-14H,6-10H2,1-5H3. The van der Waals surface area contributed by atoms with Gasteiger partial charge >= 0.3 is 17.9 Å². The van der Waals surface area contributed by atoms with Crippen molar-refractivity contribution in [2.75, 3.05) is 20.8 Å². The molecular weight excluding hydrogens is 328 g/mol. The minimum atomic E-state index is -1.62. The third kappa shape index (κ3) is 4.39. The van der Waals surface area contributed by atoms with Gasteiger partial charge in [-0.15, -0.1) is 0 Å². The summed E-state index contributed by atoms with van der Waals surface area (Å²) in [5.74, 6) is -1.92. The van der Waals surface area contributed by atoms with E-state index >= 15 is 0 Å². The molecular formula is C18H28O7. The Kier molecular flexibility index (Phi) is 8.09. The zero-order valence-electron chi connectivity index (χ0n) is 15.6. The fraction of sp³-hybridized carbons (Fsp3) is 0.722. The van der Waals surface area contributed by atoms with Gasteiger partial charge in [0.2, 0.25) is 0 Å². The molecule has 0 saturated heterocycles. The van der Waals surface area contributed by atoms with Crippen LogP contribution in [0.5, 0.6) is 0 Å². The predicted octanol–water partition coefficient (Wildman–Crippen LogP) is 2.18. The van der Waals surface area contributed by atoms with E-state index in [2.05, 4.69) is 0 Å². The first kappa shape index (κ1) is 21.2. The summed E-state index contributed by atoms with van der Waals surface area (Å²) in [4.78, 5) is 37.1. The maximum Gasteiger partial charge on any atom is 0.333 e. The number of esters is 3. The molecule has 0 radical (unpaired) electrons. The summed E-state index contributed by atoms with van der Waals surface area (Å²) in [6.07, 6.45) is 2.05. The highest BCUT2D eigenvalue weighted by Gasteiger charge is 2.57. The van der Waals surface area contributed by atoms with Gasteiger partial charge in [-0.1, -0.05) is 13.8 Å². The van der Waals surface area contributed by atoms with Crippen LogP contribution < -0.4 is 0 Å². The van der Waals surface area contributed by atoms with Crippen LogP contribution in [0.1, 0.15) is 46.5 Å². The first-order chi connectivity index (χ1) is 11.9. The van der Waals surface area contributed by atoms with Crippen molar-refractivity contribution in [3.63, 3.8) is 0 Å². The maximum absolute atomic E-state index is 12.5. The van der Waals surface area contributed by atoms with Crippen LogP contribution in [0.3, 0.4) is 0 Å². The summed E-state index contributed by atoms with van der Waals surface area (Å²) in [6.45, 7) is 5.86. The molecule has 0 aromatic rings. The van der Waals surface area contributed by atoms with Crippen molar-refractivity contribution in [1.29, 1.82) is 0 Å². The highest BCUT2D eigenvalue weighted by molar-refractivity contribution is 6.02. The molecule has 0 bridgehead atoms. The van der Waals surface area contributed by atoms with Crippen LogP contribution >= 0.6 is 0 Å². The number of carbonyl (C=O) groups is 3. The molecule has 7 nitrogen and oxygen atoms in total. The van der Waals surface area contributed by atoms with E-state index in [1.165, 1.54) is 20.3 Å². The molecule has 25 heavy (non-hydrogen) atoms. The fourth-order valence-corrected chi connectivity index (χ4v) is 3.00. The smallest absolute Gasteiger partial charge is 0.333 e. The number of ether oxygens (including phenoxy) is 4. The van der Waals surface area contributed by atoms with Crippen molar-refractivity contribution < 1.29 is 33.3 Å². The summed E-state index contributed by atoms with van der Waals surface area (Å²) in [5, 5.41) is 0. The normalized spacial score (nSPS) is 19.1. The molecule has 1 unspecified atom stereocenters. The maximum atomic E-state index is 12.5. The topological polar surface area (TPSA) is 88.1 Å². The van der Waals surface area contributed by atoms with E-state index < -0.39 is 29.4 Å². The molecule has 1 atom stereocenters. The Morgan fingerprint density at radius 3 is 2.12 bits per heavy atom. The van der Waals surface area contributed by atoms with E-state index in [1.807, 2.05) is 13.8 Å². The Morgan fingerprint density at radius 1 is 1.12 bits per heavy atom. The van der Waals surface area contributed by atoms with Crippen LogP contribution in [-0.2, 0) is 33.3 Å². The summed E-state index contributed by atoms with van der Waals surface area (Å²) >= 11 is 0. The van der Waals surface area contributed by atoms with Gasteiger partial charge in [0.15, 0.2) is 5.41 Å². The minimum Gasteiger partial charge on any atom is -0.468 e. The Balaban J connectivity index is 3.36. The Hall–Kier alpha value is -1.89. The lowest BCUT2D eigenvalue weighted by atomic mass is 9.72. The van der Waals surface area contributed by atoms with E-state index in [9.17, 15) is 14.4 Å². The molecule has 1 aliphatic carbocycles. The van der Waals surface area contributed by atoms with Crippen LogP contribution in [0.2, 0.25) is 0 Å². The second-order valence-corrected chi connectivity index (χ2v) is 5.86. The van der Waals surface area contributed by atoms with Gasteiger partial charge in [-0.2, -0.15) is 0 Å². The Bertz CT molecular complexity index is 504. The molecule has 0 aliphatic heterocycles. The largest absolute Gasteiger partial charge is 0.468 e. The molecule has 7 heteroatoms. The number of hydrogen-bond donors (Lipinski definition) is 0. The first-order valence-electron chi connectivity index (χ1n) is 8.61. The molecule has 142 valence electrons. The summed E-state index contributed by atoms with van der Waals surface area (Å²) in [6, 6.07) is 0. The van der Waals surface area contributed by atoms with Gasteiger partial charge in [-0.3, -0.25) is 9.59 Å². The van der Waals surface area contributed by atoms with Crippen molar-refractivity contribution >= 4 is 17.9 Å². The molecule has 1 rings (SSSR count). The molecule has 0 fully saturated rings. The predicted molar refractivity (Wildman–Crippen MR) is 89.7 cm³/mol. The van der Waals surface area contributed by atoms with Crippen LogP contribution in [0.15, 0.2) is 11.6 Å². The molecule has 0 saturated carbocycles. The highest BCUT2D eigenvalue weighted by atomic mass is 16.6. The first-order valence-corrected chi connectivity index (χ1v) is 8.61. The average molecular weight is 356 g/mol. The third-order valence-corrected chi connectivity index (χ3v) is 4.51. The van der Waals surface area contributed by atoms with Gasteiger partial charge in [0.05, 0.1) is 26.9 Å². The lowest BCUT2D eigenvalue weighted by molar-refractivity contribution is -0.183. The molecule has 0 aromatic carbocycles. The number of methoxy groups -OCH3 is 2. The quantitative estimate of drug-likeness (QED) is 0.374. The molecule has 1 aliphatic rings. The SMILES string of the molecule is CCOC(=O)C1=CC(OC(CC)CC)C(C(=O)OC)(C(=O)OC)CC1. The van der Waals surface area contributed by atoms with Crippen LogP contribution in [-0.4, -0.2) is 50.9 Å². The van der Waals surface area contributed by atoms with Crippen molar-refractivity contribution in [2.24, 2.45) is 5.41 Å². The van der Waals surface area contributed by atoms with E-state index in [1.54, 1.807) is 6.92 Å². The molecule has 0 amide bonds. The van der Waals surface area contributed by atoms with Gasteiger partial charge in [-0.05, 0) is 38.7 Å². The van der Waals surface area contributed by atoms with E-state index in [-0.39, 0.29) is 25.6 Å². The molecule has 0 N–H and O–H groups in total. The van der Waals surface area contributed by atoms with E-state index in [0.717, 1.165) is 0 Å². The van der Waals surface area contributed by atoms with Gasteiger partial charge in [0, 0.05) is 5.57 Å². The van der Waals surface area contributed by atoms with Crippen molar-refractivity contribution in [1.82, 2.24) is 0 Å². The zero-order valence-corrected chi connectivity index (χ0v) is 15.6. The highest BCUT2D eigenvalue weighted by Crippen LogP contribution is 2.41. The Morgan fingerprint density at radius 2 is 1.68 bits per heavy atom. The zero-order chi connectivity index (χ0) is 19.0. The van der Waals surface area contributed by atoms with E-state index in [4.69, 9.17) is 18.9 Å². The monoisotopic (exact) mass is 356 g/mol. The fourth-order valence-electron chi connectivity index (χ4n) is 3.00. The molecule has 0 aromatic heterocycles. The summed E-state index contributed by atoms with van der Waals surface area (Å²) < 4.78 is 20.8. The van der Waals surface area contributed by atoms with Gasteiger partial charge < -0.3 is 18.9 Å². The van der Waals surface area contributed by atoms with Crippen LogP contribution in [0, 0.1) is 5.41 Å². The number of carbonyl (C=O) groups excluding carboxylic acids is 3. The summed E-state index contributed by atoms with van der Waals surface area (Å²) in [5.41, 5.74) is -1.23. The van der Waals surface area contributed by atoms with Crippen molar-refractivity contribution in [2.45, 2.75) is 58.7 Å². The van der Waals surface area contributed by atoms with Crippen molar-refractivity contribution in [3.8, 4) is 0 Å². The average Bonchev–Trinajstić information content (AvgIpc) is 2.64. The molecule has 0 heterocycles. The Labute approximate surface area is 148 Å². The minimum absolute atomic E-state index is 0.0574. The number of rotatable bonds is 8. The number of hydrogen-bond acceptors (Lipinski definition) is 7. The van der Waals surface area contributed by atoms with Crippen LogP contribution in [0.25, 0.3) is 0 Å². The van der Waals surface area contributed by atoms with E-state index in [0.29, 0.717) is 18.4 Å².